The lowest BCUT2D eigenvalue weighted by Crippen LogP contribution is -2.46. The Kier molecular flexibility index (Phi) is 5.39. The van der Waals surface area contributed by atoms with Gasteiger partial charge in [-0.2, -0.15) is 5.10 Å². The normalized spacial score (nSPS) is 15.1. The zero-order chi connectivity index (χ0) is 18.5. The molecule has 5 nitrogen and oxygen atoms in total. The van der Waals surface area contributed by atoms with Crippen LogP contribution in [0.5, 0.6) is 5.75 Å². The van der Waals surface area contributed by atoms with Crippen LogP contribution in [-0.2, 0) is 6.54 Å². The minimum Gasteiger partial charge on any atom is -0.492 e. The van der Waals surface area contributed by atoms with Crippen molar-refractivity contribution < 1.29 is 4.74 Å². The quantitative estimate of drug-likeness (QED) is 0.724. The number of rotatable bonds is 6. The molecule has 1 aliphatic heterocycles. The number of aromatic nitrogens is 2. The molecule has 0 bridgehead atoms. The van der Waals surface area contributed by atoms with Crippen LogP contribution in [0.1, 0.15) is 12.5 Å². The predicted molar refractivity (Wildman–Crippen MR) is 109 cm³/mol. The average Bonchev–Trinajstić information content (AvgIpc) is 3.18. The van der Waals surface area contributed by atoms with E-state index in [9.17, 15) is 0 Å². The van der Waals surface area contributed by atoms with Crippen molar-refractivity contribution in [2.75, 3.05) is 37.7 Å². The van der Waals surface area contributed by atoms with E-state index in [0.717, 1.165) is 44.2 Å². The van der Waals surface area contributed by atoms with Crippen LogP contribution in [0.25, 0.3) is 11.3 Å². The molecule has 2 aromatic carbocycles. The minimum absolute atomic E-state index is 0.694. The molecule has 1 saturated heterocycles. The Morgan fingerprint density at radius 3 is 2.48 bits per heavy atom. The van der Waals surface area contributed by atoms with Crippen molar-refractivity contribution in [3.05, 3.63) is 66.4 Å². The summed E-state index contributed by atoms with van der Waals surface area (Å²) in [5, 5.41) is 7.44. The molecular formula is C22H26N4O. The Labute approximate surface area is 160 Å². The van der Waals surface area contributed by atoms with Gasteiger partial charge >= 0.3 is 0 Å². The number of hydrogen-bond acceptors (Lipinski definition) is 4. The van der Waals surface area contributed by atoms with E-state index in [1.165, 1.54) is 16.8 Å². The molecule has 0 saturated carbocycles. The fourth-order valence-electron chi connectivity index (χ4n) is 3.67. The second-order valence-corrected chi connectivity index (χ2v) is 6.80. The molecule has 140 valence electrons. The van der Waals surface area contributed by atoms with E-state index in [1.54, 1.807) is 0 Å². The Morgan fingerprint density at radius 1 is 0.963 bits per heavy atom. The van der Waals surface area contributed by atoms with Gasteiger partial charge in [0.1, 0.15) is 5.75 Å². The molecule has 0 radical (unpaired) electrons. The van der Waals surface area contributed by atoms with Crippen LogP contribution >= 0.6 is 0 Å². The van der Waals surface area contributed by atoms with E-state index in [4.69, 9.17) is 4.74 Å². The number of nitrogens with one attached hydrogen (secondary N) is 1. The first-order valence-corrected chi connectivity index (χ1v) is 9.62. The lowest BCUT2D eigenvalue weighted by molar-refractivity contribution is 0.249. The first-order valence-electron chi connectivity index (χ1n) is 9.62. The van der Waals surface area contributed by atoms with Gasteiger partial charge < -0.3 is 9.64 Å². The van der Waals surface area contributed by atoms with Crippen molar-refractivity contribution in [2.24, 2.45) is 0 Å². The number of aromatic amines is 1. The lowest BCUT2D eigenvalue weighted by atomic mass is 10.1. The monoisotopic (exact) mass is 362 g/mol. The first kappa shape index (κ1) is 17.6. The van der Waals surface area contributed by atoms with Crippen molar-refractivity contribution in [1.82, 2.24) is 15.1 Å². The zero-order valence-corrected chi connectivity index (χ0v) is 15.8. The van der Waals surface area contributed by atoms with Crippen LogP contribution in [0.15, 0.2) is 60.8 Å². The largest absolute Gasteiger partial charge is 0.492 e. The average molecular weight is 362 g/mol. The summed E-state index contributed by atoms with van der Waals surface area (Å²) in [7, 11) is 0. The third-order valence-corrected chi connectivity index (χ3v) is 5.05. The minimum atomic E-state index is 0.694. The molecule has 1 aliphatic rings. The Hall–Kier alpha value is -2.79. The van der Waals surface area contributed by atoms with Crippen molar-refractivity contribution in [2.45, 2.75) is 13.5 Å². The van der Waals surface area contributed by atoms with E-state index >= 15 is 0 Å². The molecule has 4 rings (SSSR count). The van der Waals surface area contributed by atoms with Gasteiger partial charge in [-0.1, -0.05) is 42.5 Å². The second-order valence-electron chi connectivity index (χ2n) is 6.80. The van der Waals surface area contributed by atoms with E-state index in [0.29, 0.717) is 6.61 Å². The Balaban J connectivity index is 1.41. The van der Waals surface area contributed by atoms with E-state index in [2.05, 4.69) is 62.5 Å². The third kappa shape index (κ3) is 3.98. The van der Waals surface area contributed by atoms with Gasteiger partial charge in [0, 0.05) is 38.3 Å². The van der Waals surface area contributed by atoms with Crippen LogP contribution in [0.2, 0.25) is 0 Å². The number of H-pyrrole nitrogens is 1. The first-order chi connectivity index (χ1) is 13.3. The van der Waals surface area contributed by atoms with E-state index < -0.39 is 0 Å². The van der Waals surface area contributed by atoms with Gasteiger partial charge in [-0.3, -0.25) is 10.00 Å². The highest BCUT2D eigenvalue weighted by molar-refractivity contribution is 5.62. The van der Waals surface area contributed by atoms with Crippen molar-refractivity contribution in [3.8, 4) is 17.0 Å². The molecule has 0 atom stereocenters. The maximum atomic E-state index is 5.80. The van der Waals surface area contributed by atoms with Crippen LogP contribution in [0, 0.1) is 0 Å². The number of nitrogens with zero attached hydrogens (tertiary/aromatic N) is 3. The van der Waals surface area contributed by atoms with Crippen molar-refractivity contribution >= 4 is 5.69 Å². The summed E-state index contributed by atoms with van der Waals surface area (Å²) in [5.74, 6) is 0.981. The summed E-state index contributed by atoms with van der Waals surface area (Å²) in [6.45, 7) is 7.70. The van der Waals surface area contributed by atoms with E-state index in [1.807, 2.05) is 25.3 Å². The smallest absolute Gasteiger partial charge is 0.142 e. The topological polar surface area (TPSA) is 44.4 Å². The molecule has 5 heteroatoms. The lowest BCUT2D eigenvalue weighted by Gasteiger charge is -2.36. The van der Waals surface area contributed by atoms with Gasteiger partial charge in [0.05, 0.1) is 24.2 Å². The molecule has 0 amide bonds. The maximum Gasteiger partial charge on any atom is 0.142 e. The van der Waals surface area contributed by atoms with E-state index in [-0.39, 0.29) is 0 Å². The number of para-hydroxylation sites is 2. The van der Waals surface area contributed by atoms with Crippen molar-refractivity contribution in [1.29, 1.82) is 0 Å². The van der Waals surface area contributed by atoms with Gasteiger partial charge in [0.2, 0.25) is 0 Å². The summed E-state index contributed by atoms with van der Waals surface area (Å²) in [4.78, 5) is 4.92. The molecule has 1 aromatic heterocycles. The van der Waals surface area contributed by atoms with Gasteiger partial charge in [-0.05, 0) is 24.6 Å². The van der Waals surface area contributed by atoms with Crippen LogP contribution in [-0.4, -0.2) is 47.9 Å². The number of ether oxygens (including phenoxy) is 1. The highest BCUT2D eigenvalue weighted by Crippen LogP contribution is 2.29. The third-order valence-electron chi connectivity index (χ3n) is 5.05. The molecule has 2 heterocycles. The molecule has 0 aliphatic carbocycles. The molecular weight excluding hydrogens is 336 g/mol. The summed E-state index contributed by atoms with van der Waals surface area (Å²) in [5.41, 5.74) is 4.77. The van der Waals surface area contributed by atoms with Crippen LogP contribution in [0.3, 0.4) is 0 Å². The number of piperazine rings is 1. The number of benzene rings is 2. The summed E-state index contributed by atoms with van der Waals surface area (Å²) < 4.78 is 5.80. The van der Waals surface area contributed by atoms with Crippen LogP contribution < -0.4 is 9.64 Å². The Morgan fingerprint density at radius 2 is 1.70 bits per heavy atom. The van der Waals surface area contributed by atoms with Crippen molar-refractivity contribution in [3.63, 3.8) is 0 Å². The summed E-state index contributed by atoms with van der Waals surface area (Å²) in [6.07, 6.45) is 1.96. The molecule has 1 N–H and O–H groups in total. The molecule has 27 heavy (non-hydrogen) atoms. The van der Waals surface area contributed by atoms with Crippen LogP contribution in [0.4, 0.5) is 5.69 Å². The second kappa shape index (κ2) is 8.27. The highest BCUT2D eigenvalue weighted by atomic mass is 16.5. The fourth-order valence-corrected chi connectivity index (χ4v) is 3.67. The van der Waals surface area contributed by atoms with Gasteiger partial charge in [-0.25, -0.2) is 0 Å². The molecule has 0 unspecified atom stereocenters. The molecule has 1 fully saturated rings. The molecule has 3 aromatic rings. The number of anilines is 1. The standard InChI is InChI=1S/C22H26N4O/c1-2-27-21-11-7-6-10-20(21)26-14-12-25(13-15-26)17-19-16-23-24-22(19)18-8-4-3-5-9-18/h3-11,16H,2,12-15,17H2,1H3,(H,23,24). The zero-order valence-electron chi connectivity index (χ0n) is 15.8. The van der Waals surface area contributed by atoms with Gasteiger partial charge in [-0.15, -0.1) is 0 Å². The SMILES string of the molecule is CCOc1ccccc1N1CCN(Cc2cn[nH]c2-c2ccccc2)CC1. The number of hydrogen-bond donors (Lipinski definition) is 1. The predicted octanol–water partition coefficient (Wildman–Crippen LogP) is 3.80. The summed E-state index contributed by atoms with van der Waals surface area (Å²) >= 11 is 0. The Bertz CT molecular complexity index is 854. The maximum absolute atomic E-state index is 5.80. The van der Waals surface area contributed by atoms with Gasteiger partial charge in [0.15, 0.2) is 0 Å². The summed E-state index contributed by atoms with van der Waals surface area (Å²) in [6, 6.07) is 18.8. The molecule has 0 spiro atoms. The fraction of sp³-hybridized carbons (Fsp3) is 0.318. The van der Waals surface area contributed by atoms with Gasteiger partial charge in [0.25, 0.3) is 0 Å². The highest BCUT2D eigenvalue weighted by Gasteiger charge is 2.21.